The molecule has 1 fully saturated rings. The van der Waals surface area contributed by atoms with Crippen LogP contribution in [0.5, 0.6) is 0 Å². The number of fused-ring (bicyclic) bond motifs is 4. The Balaban J connectivity index is 1.99. The standard InChI is InChI=1S/C11H11BrO/c12-9-5-8-4-6-1-2-7(3-6)10(8)11(9)13/h1-2,5-8,10H,3-4H2/t6-,7+,8+,10+/m0/s1. The Hall–Kier alpha value is -0.370. The van der Waals surface area contributed by atoms with Crippen molar-refractivity contribution in [1.29, 1.82) is 0 Å². The van der Waals surface area contributed by atoms with Crippen molar-refractivity contribution in [3.63, 3.8) is 0 Å². The lowest BCUT2D eigenvalue weighted by atomic mass is 9.73. The summed E-state index contributed by atoms with van der Waals surface area (Å²) in [5.41, 5.74) is 0. The second-order valence-electron chi connectivity index (χ2n) is 4.35. The maximum Gasteiger partial charge on any atom is 0.173 e. The molecule has 68 valence electrons. The molecule has 0 aliphatic heterocycles. The van der Waals surface area contributed by atoms with Crippen LogP contribution in [0.4, 0.5) is 0 Å². The first-order valence-electron chi connectivity index (χ1n) is 4.85. The van der Waals surface area contributed by atoms with Crippen molar-refractivity contribution >= 4 is 21.7 Å². The lowest BCUT2D eigenvalue weighted by Crippen LogP contribution is -2.29. The third kappa shape index (κ3) is 1.01. The molecule has 0 aromatic rings. The quantitative estimate of drug-likeness (QED) is 0.594. The molecule has 0 aromatic carbocycles. The fraction of sp³-hybridized carbons (Fsp3) is 0.545. The van der Waals surface area contributed by atoms with Gasteiger partial charge < -0.3 is 0 Å². The molecule has 4 atom stereocenters. The molecule has 2 heteroatoms. The summed E-state index contributed by atoms with van der Waals surface area (Å²) in [6.07, 6.45) is 9.07. The van der Waals surface area contributed by atoms with Crippen LogP contribution in [0, 0.1) is 23.7 Å². The Morgan fingerprint density at radius 1 is 1.23 bits per heavy atom. The van der Waals surface area contributed by atoms with Gasteiger partial charge in [0.1, 0.15) is 0 Å². The average molecular weight is 239 g/mol. The molecule has 1 nitrogen and oxygen atoms in total. The van der Waals surface area contributed by atoms with E-state index in [-0.39, 0.29) is 5.92 Å². The van der Waals surface area contributed by atoms with E-state index in [2.05, 4.69) is 34.2 Å². The van der Waals surface area contributed by atoms with Crippen LogP contribution in [0.25, 0.3) is 0 Å². The molecule has 2 bridgehead atoms. The molecule has 0 heterocycles. The lowest BCUT2D eigenvalue weighted by molar-refractivity contribution is -0.120. The molecule has 3 rings (SSSR count). The minimum Gasteiger partial charge on any atom is -0.293 e. The number of Topliss-reactive ketones (excluding diaryl/α,β-unsaturated/α-hetero) is 1. The van der Waals surface area contributed by atoms with Crippen molar-refractivity contribution in [3.8, 4) is 0 Å². The van der Waals surface area contributed by atoms with E-state index in [9.17, 15) is 4.79 Å². The molecule has 0 spiro atoms. The Labute approximate surface area is 86.0 Å². The van der Waals surface area contributed by atoms with Crippen molar-refractivity contribution in [2.75, 3.05) is 0 Å². The monoisotopic (exact) mass is 238 g/mol. The van der Waals surface area contributed by atoms with Gasteiger partial charge in [-0.1, -0.05) is 18.2 Å². The summed E-state index contributed by atoms with van der Waals surface area (Å²) in [6, 6.07) is 0. The van der Waals surface area contributed by atoms with E-state index in [1.165, 1.54) is 12.8 Å². The number of halogens is 1. The summed E-state index contributed by atoms with van der Waals surface area (Å²) < 4.78 is 0.823. The average Bonchev–Trinajstić information content (AvgIpc) is 2.59. The second kappa shape index (κ2) is 2.57. The number of hydrogen-bond acceptors (Lipinski definition) is 1. The zero-order valence-corrected chi connectivity index (χ0v) is 8.83. The Morgan fingerprint density at radius 2 is 2.00 bits per heavy atom. The topological polar surface area (TPSA) is 17.1 Å². The van der Waals surface area contributed by atoms with Gasteiger partial charge in [0.15, 0.2) is 5.78 Å². The smallest absolute Gasteiger partial charge is 0.173 e. The number of carbonyl (C=O) groups is 1. The van der Waals surface area contributed by atoms with Crippen molar-refractivity contribution in [2.45, 2.75) is 12.8 Å². The minimum absolute atomic E-state index is 0.268. The van der Waals surface area contributed by atoms with Crippen molar-refractivity contribution in [2.24, 2.45) is 23.7 Å². The van der Waals surface area contributed by atoms with Crippen LogP contribution in [0.15, 0.2) is 22.7 Å². The number of carbonyl (C=O) groups excluding carboxylic acids is 1. The molecule has 0 N–H and O–H groups in total. The summed E-state index contributed by atoms with van der Waals surface area (Å²) in [5.74, 6) is 2.39. The molecule has 0 amide bonds. The number of ketones is 1. The highest BCUT2D eigenvalue weighted by Gasteiger charge is 2.45. The van der Waals surface area contributed by atoms with E-state index in [1.807, 2.05) is 0 Å². The Bertz CT molecular complexity index is 329. The van der Waals surface area contributed by atoms with Gasteiger partial charge in [0.2, 0.25) is 0 Å². The van der Waals surface area contributed by atoms with Crippen molar-refractivity contribution < 1.29 is 4.79 Å². The van der Waals surface area contributed by atoms with Gasteiger partial charge in [0.05, 0.1) is 4.48 Å². The van der Waals surface area contributed by atoms with Gasteiger partial charge >= 0.3 is 0 Å². The SMILES string of the molecule is O=C1C(Br)=C[C@H]2C[C@H]3C=C[C@H](C3)[C@@H]12. The fourth-order valence-corrected chi connectivity index (χ4v) is 3.66. The molecular formula is C11H11BrO. The molecule has 3 aliphatic carbocycles. The molecule has 13 heavy (non-hydrogen) atoms. The Kier molecular flexibility index (Phi) is 1.58. The highest BCUT2D eigenvalue weighted by molar-refractivity contribution is 9.12. The first-order valence-corrected chi connectivity index (χ1v) is 5.65. The van der Waals surface area contributed by atoms with Crippen LogP contribution in [0.1, 0.15) is 12.8 Å². The van der Waals surface area contributed by atoms with Gasteiger partial charge in [-0.3, -0.25) is 4.79 Å². The number of rotatable bonds is 0. The third-order valence-corrected chi connectivity index (χ3v) is 4.26. The van der Waals surface area contributed by atoms with Crippen LogP contribution in [0.2, 0.25) is 0 Å². The first kappa shape index (κ1) is 7.98. The van der Waals surface area contributed by atoms with Crippen molar-refractivity contribution in [3.05, 3.63) is 22.7 Å². The zero-order chi connectivity index (χ0) is 9.00. The first-order chi connectivity index (χ1) is 6.25. The van der Waals surface area contributed by atoms with E-state index in [1.54, 1.807) is 0 Å². The van der Waals surface area contributed by atoms with Gasteiger partial charge in [-0.25, -0.2) is 0 Å². The Morgan fingerprint density at radius 3 is 2.85 bits per heavy atom. The fourth-order valence-electron chi connectivity index (χ4n) is 3.05. The summed E-state index contributed by atoms with van der Waals surface area (Å²) in [6.45, 7) is 0. The molecule has 0 saturated heterocycles. The lowest BCUT2D eigenvalue weighted by Gasteiger charge is -2.30. The van der Waals surface area contributed by atoms with Gasteiger partial charge in [0.25, 0.3) is 0 Å². The highest BCUT2D eigenvalue weighted by Crippen LogP contribution is 2.49. The van der Waals surface area contributed by atoms with E-state index in [0.717, 1.165) is 10.4 Å². The molecule has 0 unspecified atom stereocenters. The molecule has 0 radical (unpaired) electrons. The third-order valence-electron chi connectivity index (χ3n) is 3.60. The van der Waals surface area contributed by atoms with Gasteiger partial charge in [-0.2, -0.15) is 0 Å². The summed E-state index contributed by atoms with van der Waals surface area (Å²) in [4.78, 5) is 11.8. The van der Waals surface area contributed by atoms with E-state index in [4.69, 9.17) is 0 Å². The second-order valence-corrected chi connectivity index (χ2v) is 5.20. The number of allylic oxidation sites excluding steroid dienone is 4. The minimum atomic E-state index is 0.268. The van der Waals surface area contributed by atoms with Crippen LogP contribution >= 0.6 is 15.9 Å². The molecular weight excluding hydrogens is 228 g/mol. The van der Waals surface area contributed by atoms with Gasteiger partial charge in [0, 0.05) is 5.92 Å². The van der Waals surface area contributed by atoms with Gasteiger partial charge in [-0.15, -0.1) is 0 Å². The van der Waals surface area contributed by atoms with Crippen LogP contribution in [-0.2, 0) is 4.79 Å². The number of hydrogen-bond donors (Lipinski definition) is 0. The highest BCUT2D eigenvalue weighted by atomic mass is 79.9. The van der Waals surface area contributed by atoms with Crippen LogP contribution < -0.4 is 0 Å². The normalized spacial score (nSPS) is 46.5. The molecule has 0 aromatic heterocycles. The van der Waals surface area contributed by atoms with Gasteiger partial charge in [-0.05, 0) is 46.5 Å². The van der Waals surface area contributed by atoms with Crippen LogP contribution in [0.3, 0.4) is 0 Å². The van der Waals surface area contributed by atoms with E-state index in [0.29, 0.717) is 17.6 Å². The largest absolute Gasteiger partial charge is 0.293 e. The van der Waals surface area contributed by atoms with Crippen molar-refractivity contribution in [1.82, 2.24) is 0 Å². The maximum atomic E-state index is 11.8. The van der Waals surface area contributed by atoms with E-state index < -0.39 is 0 Å². The summed E-state index contributed by atoms with van der Waals surface area (Å²) >= 11 is 3.35. The molecule has 1 saturated carbocycles. The summed E-state index contributed by atoms with van der Waals surface area (Å²) in [5, 5.41) is 0. The van der Waals surface area contributed by atoms with Crippen LogP contribution in [-0.4, -0.2) is 5.78 Å². The molecule has 3 aliphatic rings. The predicted molar refractivity (Wildman–Crippen MR) is 54.4 cm³/mol. The maximum absolute atomic E-state index is 11.8. The summed E-state index contributed by atoms with van der Waals surface area (Å²) in [7, 11) is 0. The predicted octanol–water partition coefficient (Wildman–Crippen LogP) is 2.68. The zero-order valence-electron chi connectivity index (χ0n) is 7.24. The van der Waals surface area contributed by atoms with E-state index >= 15 is 0 Å².